The zero-order valence-electron chi connectivity index (χ0n) is 17.9. The van der Waals surface area contributed by atoms with Crippen LogP contribution in [0, 0.1) is 12.8 Å². The van der Waals surface area contributed by atoms with Crippen LogP contribution in [-0.4, -0.2) is 68.2 Å². The Hall–Kier alpha value is -3.38. The molecule has 12 heteroatoms. The first kappa shape index (κ1) is 21.5. The summed E-state index contributed by atoms with van der Waals surface area (Å²) in [5.41, 5.74) is -0.0364. The number of aromatic nitrogens is 4. The predicted molar refractivity (Wildman–Crippen MR) is 120 cm³/mol. The molecule has 5 heterocycles. The SMILES string of the molecule is Cc1cc(N2CC(C(=O)NC3CCCOC3)C2)nc2c1c(=O)c(C(=O)O)cn2-c1ncns1. The standard InChI is InChI=1S/C21H22N6O5S/c1-11-5-15(26-6-12(7-26)19(29)24-13-3-2-4-32-9-13)25-18-16(11)17(28)14(20(30)31)8-27(18)21-22-10-23-33-21/h5,8,10,12-13H,2-4,6-7,9H2,1H3,(H,24,29)(H,30,31). The fraction of sp³-hybridized carbons (Fsp3) is 0.429. The molecule has 11 nitrogen and oxygen atoms in total. The number of pyridine rings is 2. The van der Waals surface area contributed by atoms with Crippen LogP contribution in [0.1, 0.15) is 28.8 Å². The molecule has 0 aromatic carbocycles. The topological polar surface area (TPSA) is 140 Å². The van der Waals surface area contributed by atoms with E-state index >= 15 is 0 Å². The van der Waals surface area contributed by atoms with E-state index in [0.717, 1.165) is 31.0 Å². The van der Waals surface area contributed by atoms with E-state index in [2.05, 4.69) is 19.7 Å². The molecule has 0 aliphatic carbocycles. The van der Waals surface area contributed by atoms with Crippen molar-refractivity contribution in [1.29, 1.82) is 0 Å². The average molecular weight is 471 g/mol. The van der Waals surface area contributed by atoms with Gasteiger partial charge in [0.15, 0.2) is 5.65 Å². The number of hydrogen-bond acceptors (Lipinski definition) is 9. The Labute approximate surface area is 192 Å². The van der Waals surface area contributed by atoms with Crippen molar-refractivity contribution in [3.63, 3.8) is 0 Å². The highest BCUT2D eigenvalue weighted by molar-refractivity contribution is 7.08. The van der Waals surface area contributed by atoms with Gasteiger partial charge in [-0.1, -0.05) is 0 Å². The monoisotopic (exact) mass is 470 g/mol. The molecule has 0 radical (unpaired) electrons. The van der Waals surface area contributed by atoms with E-state index in [-0.39, 0.29) is 28.8 Å². The summed E-state index contributed by atoms with van der Waals surface area (Å²) in [6.45, 7) is 4.06. The van der Waals surface area contributed by atoms with E-state index in [1.807, 2.05) is 4.90 Å². The number of hydrogen-bond donors (Lipinski definition) is 2. The summed E-state index contributed by atoms with van der Waals surface area (Å²) in [4.78, 5) is 47.9. The summed E-state index contributed by atoms with van der Waals surface area (Å²) in [5, 5.41) is 13.2. The van der Waals surface area contributed by atoms with Crippen molar-refractivity contribution in [2.75, 3.05) is 31.2 Å². The van der Waals surface area contributed by atoms with Crippen LogP contribution >= 0.6 is 11.5 Å². The van der Waals surface area contributed by atoms with E-state index in [1.54, 1.807) is 13.0 Å². The molecule has 172 valence electrons. The number of amides is 1. The van der Waals surface area contributed by atoms with E-state index in [9.17, 15) is 19.5 Å². The molecule has 2 aliphatic rings. The third kappa shape index (κ3) is 3.95. The summed E-state index contributed by atoms with van der Waals surface area (Å²) in [6.07, 6.45) is 4.47. The molecular weight excluding hydrogens is 448 g/mol. The Morgan fingerprint density at radius 3 is 2.82 bits per heavy atom. The van der Waals surface area contributed by atoms with Gasteiger partial charge in [0.2, 0.25) is 16.5 Å². The zero-order chi connectivity index (χ0) is 23.1. The van der Waals surface area contributed by atoms with Crippen molar-refractivity contribution in [2.24, 2.45) is 5.92 Å². The van der Waals surface area contributed by atoms with Crippen LogP contribution in [0.3, 0.4) is 0 Å². The highest BCUT2D eigenvalue weighted by atomic mass is 32.1. The molecule has 33 heavy (non-hydrogen) atoms. The lowest BCUT2D eigenvalue weighted by atomic mass is 9.97. The fourth-order valence-electron chi connectivity index (χ4n) is 4.22. The first-order valence-corrected chi connectivity index (χ1v) is 11.4. The quantitative estimate of drug-likeness (QED) is 0.558. The molecule has 1 atom stereocenters. The van der Waals surface area contributed by atoms with Crippen molar-refractivity contribution in [1.82, 2.24) is 24.2 Å². The first-order valence-electron chi connectivity index (χ1n) is 10.6. The molecule has 2 N–H and O–H groups in total. The highest BCUT2D eigenvalue weighted by Crippen LogP contribution is 2.28. The van der Waals surface area contributed by atoms with Crippen molar-refractivity contribution < 1.29 is 19.4 Å². The lowest BCUT2D eigenvalue weighted by Gasteiger charge is -2.40. The molecule has 1 amide bonds. The van der Waals surface area contributed by atoms with E-state index in [1.165, 1.54) is 17.1 Å². The predicted octanol–water partition coefficient (Wildman–Crippen LogP) is 0.975. The van der Waals surface area contributed by atoms with Crippen LogP contribution in [0.15, 0.2) is 23.4 Å². The van der Waals surface area contributed by atoms with Gasteiger partial charge in [-0.3, -0.25) is 14.2 Å². The highest BCUT2D eigenvalue weighted by Gasteiger charge is 2.35. The minimum Gasteiger partial charge on any atom is -0.477 e. The number of fused-ring (bicyclic) bond motifs is 1. The molecule has 2 saturated heterocycles. The third-order valence-corrected chi connectivity index (χ3v) is 6.68. The number of nitrogens with zero attached hydrogens (tertiary/aromatic N) is 5. The molecule has 5 rings (SSSR count). The largest absolute Gasteiger partial charge is 0.477 e. The average Bonchev–Trinajstić information content (AvgIpc) is 3.28. The number of carbonyl (C=O) groups excluding carboxylic acids is 1. The van der Waals surface area contributed by atoms with Gasteiger partial charge < -0.3 is 20.1 Å². The van der Waals surface area contributed by atoms with Gasteiger partial charge in [0, 0.05) is 37.4 Å². The number of carboxylic acids is 1. The van der Waals surface area contributed by atoms with Gasteiger partial charge in [0.05, 0.1) is 24.0 Å². The second kappa shape index (κ2) is 8.52. The maximum Gasteiger partial charge on any atom is 0.341 e. The van der Waals surface area contributed by atoms with Crippen molar-refractivity contribution in [3.8, 4) is 5.13 Å². The Morgan fingerprint density at radius 1 is 1.33 bits per heavy atom. The fourth-order valence-corrected chi connectivity index (χ4v) is 4.73. The number of ether oxygens (including phenoxy) is 1. The summed E-state index contributed by atoms with van der Waals surface area (Å²) in [5.74, 6) is -0.838. The number of anilines is 1. The smallest absolute Gasteiger partial charge is 0.341 e. The molecule has 3 aromatic heterocycles. The molecule has 0 spiro atoms. The van der Waals surface area contributed by atoms with Crippen molar-refractivity contribution in [2.45, 2.75) is 25.8 Å². The van der Waals surface area contributed by atoms with Crippen LogP contribution in [0.2, 0.25) is 0 Å². The summed E-state index contributed by atoms with van der Waals surface area (Å²) in [6, 6.07) is 1.81. The maximum atomic E-state index is 12.9. The molecule has 0 saturated carbocycles. The number of aryl methyl sites for hydroxylation is 1. The van der Waals surface area contributed by atoms with Crippen LogP contribution in [0.5, 0.6) is 0 Å². The van der Waals surface area contributed by atoms with Gasteiger partial charge in [0.25, 0.3) is 0 Å². The third-order valence-electron chi connectivity index (χ3n) is 6.01. The van der Waals surface area contributed by atoms with Gasteiger partial charge in [-0.2, -0.15) is 4.37 Å². The second-order valence-corrected chi connectivity index (χ2v) is 9.05. The Morgan fingerprint density at radius 2 is 2.15 bits per heavy atom. The van der Waals surface area contributed by atoms with Gasteiger partial charge in [-0.25, -0.2) is 14.8 Å². The number of carboxylic acid groups (broad SMARTS) is 1. The van der Waals surface area contributed by atoms with Crippen LogP contribution in [-0.2, 0) is 9.53 Å². The summed E-state index contributed by atoms with van der Waals surface area (Å²) < 4.78 is 10.9. The van der Waals surface area contributed by atoms with E-state index < -0.39 is 11.4 Å². The van der Waals surface area contributed by atoms with Crippen molar-refractivity contribution in [3.05, 3.63) is 39.9 Å². The van der Waals surface area contributed by atoms with E-state index in [0.29, 0.717) is 41.9 Å². The zero-order valence-corrected chi connectivity index (χ0v) is 18.7. The lowest BCUT2D eigenvalue weighted by Crippen LogP contribution is -2.56. The Balaban J connectivity index is 1.44. The molecular formula is C21H22N6O5S. The minimum atomic E-state index is -1.32. The lowest BCUT2D eigenvalue weighted by molar-refractivity contribution is -0.127. The Bertz CT molecular complexity index is 1280. The van der Waals surface area contributed by atoms with Gasteiger partial charge in [-0.15, -0.1) is 0 Å². The minimum absolute atomic E-state index is 0.0103. The van der Waals surface area contributed by atoms with Gasteiger partial charge in [-0.05, 0) is 31.4 Å². The Kier molecular flexibility index (Phi) is 5.54. The normalized spacial score (nSPS) is 18.8. The first-order chi connectivity index (χ1) is 15.9. The molecule has 0 bridgehead atoms. The van der Waals surface area contributed by atoms with E-state index in [4.69, 9.17) is 4.74 Å². The maximum absolute atomic E-state index is 12.9. The number of carbonyl (C=O) groups is 2. The number of nitrogens with one attached hydrogen (secondary N) is 1. The van der Waals surface area contributed by atoms with Gasteiger partial charge >= 0.3 is 5.97 Å². The molecule has 1 unspecified atom stereocenters. The summed E-state index contributed by atoms with van der Waals surface area (Å²) in [7, 11) is 0. The molecule has 3 aromatic rings. The summed E-state index contributed by atoms with van der Waals surface area (Å²) >= 11 is 1.07. The molecule has 2 aliphatic heterocycles. The number of rotatable bonds is 5. The van der Waals surface area contributed by atoms with Crippen molar-refractivity contribution >= 4 is 40.3 Å². The van der Waals surface area contributed by atoms with Crippen LogP contribution in [0.25, 0.3) is 16.2 Å². The van der Waals surface area contributed by atoms with Crippen LogP contribution in [0.4, 0.5) is 5.82 Å². The number of aromatic carboxylic acids is 1. The molecule has 2 fully saturated rings. The van der Waals surface area contributed by atoms with Gasteiger partial charge in [0.1, 0.15) is 17.7 Å². The second-order valence-electron chi connectivity index (χ2n) is 8.29. The van der Waals surface area contributed by atoms with Crippen LogP contribution < -0.4 is 15.6 Å².